The minimum Gasteiger partial charge on any atom is -0.0645 e. The van der Waals surface area contributed by atoms with Gasteiger partial charge in [0.1, 0.15) is 0 Å². The van der Waals surface area contributed by atoms with Crippen molar-refractivity contribution in [2.75, 3.05) is 0 Å². The van der Waals surface area contributed by atoms with Crippen molar-refractivity contribution in [3.05, 3.63) is 70.8 Å². The fourth-order valence-electron chi connectivity index (χ4n) is 3.51. The smallest absolute Gasteiger partial charge is 0.00926 e. The number of hydrogen-bond donors (Lipinski definition) is 0. The molecule has 1 aliphatic rings. The van der Waals surface area contributed by atoms with Crippen molar-refractivity contribution >= 4 is 0 Å². The second-order valence-corrected chi connectivity index (χ2v) is 5.18. The maximum Gasteiger partial charge on any atom is 0.00926 e. The fraction of sp³-hybridized carbons (Fsp3) is 0.333. The molecule has 18 heavy (non-hydrogen) atoms. The minimum atomic E-state index is 0.584. The zero-order valence-electron chi connectivity index (χ0n) is 11.2. The van der Waals surface area contributed by atoms with Gasteiger partial charge in [-0.3, -0.25) is 0 Å². The lowest BCUT2D eigenvalue weighted by Crippen LogP contribution is -2.17. The van der Waals surface area contributed by atoms with Crippen molar-refractivity contribution in [1.29, 1.82) is 0 Å². The van der Waals surface area contributed by atoms with E-state index < -0.39 is 0 Å². The van der Waals surface area contributed by atoms with Crippen LogP contribution in [0.25, 0.3) is 0 Å². The summed E-state index contributed by atoms with van der Waals surface area (Å²) in [5.41, 5.74) is 6.19. The summed E-state index contributed by atoms with van der Waals surface area (Å²) < 4.78 is 0. The van der Waals surface area contributed by atoms with E-state index >= 15 is 0 Å². The maximum atomic E-state index is 2.32. The zero-order chi connectivity index (χ0) is 12.5. The Kier molecular flexibility index (Phi) is 2.95. The second-order valence-electron chi connectivity index (χ2n) is 5.18. The molecule has 0 spiro atoms. The van der Waals surface area contributed by atoms with Gasteiger partial charge in [-0.1, -0.05) is 62.4 Å². The molecule has 0 radical (unpaired) electrons. The normalized spacial score (nSPS) is 21.2. The summed E-state index contributed by atoms with van der Waals surface area (Å²) in [5, 5.41) is 0. The number of fused-ring (bicyclic) bond motifs is 2. The molecular formula is C18H20. The van der Waals surface area contributed by atoms with Gasteiger partial charge in [-0.15, -0.1) is 0 Å². The number of benzene rings is 2. The van der Waals surface area contributed by atoms with E-state index in [4.69, 9.17) is 0 Å². The van der Waals surface area contributed by atoms with Gasteiger partial charge in [-0.25, -0.2) is 0 Å². The molecule has 92 valence electrons. The van der Waals surface area contributed by atoms with Gasteiger partial charge in [-0.05, 0) is 35.1 Å². The summed E-state index contributed by atoms with van der Waals surface area (Å²) in [5.74, 6) is 1.17. The molecule has 0 atom stereocenters. The molecule has 0 amide bonds. The summed E-state index contributed by atoms with van der Waals surface area (Å²) in [6, 6.07) is 18.0. The quantitative estimate of drug-likeness (QED) is 0.681. The van der Waals surface area contributed by atoms with Crippen LogP contribution in [-0.4, -0.2) is 0 Å². The summed E-state index contributed by atoms with van der Waals surface area (Å²) in [4.78, 5) is 0. The Bertz CT molecular complexity index is 456. The highest BCUT2D eigenvalue weighted by Crippen LogP contribution is 2.45. The third kappa shape index (κ3) is 1.59. The second kappa shape index (κ2) is 4.61. The van der Waals surface area contributed by atoms with E-state index in [1.807, 2.05) is 0 Å². The van der Waals surface area contributed by atoms with E-state index in [9.17, 15) is 0 Å². The molecule has 0 aliphatic heterocycles. The lowest BCUT2D eigenvalue weighted by atomic mass is 9.71. The molecule has 0 saturated heterocycles. The van der Waals surface area contributed by atoms with Gasteiger partial charge in [-0.2, -0.15) is 0 Å². The van der Waals surface area contributed by atoms with E-state index in [-0.39, 0.29) is 0 Å². The minimum absolute atomic E-state index is 0.584. The van der Waals surface area contributed by atoms with Crippen LogP contribution < -0.4 is 0 Å². The van der Waals surface area contributed by atoms with Gasteiger partial charge in [0.25, 0.3) is 0 Å². The van der Waals surface area contributed by atoms with E-state index in [0.29, 0.717) is 11.8 Å². The van der Waals surface area contributed by atoms with Crippen molar-refractivity contribution in [3.63, 3.8) is 0 Å². The average molecular weight is 236 g/mol. The van der Waals surface area contributed by atoms with Crippen LogP contribution in [0.3, 0.4) is 0 Å². The van der Waals surface area contributed by atoms with Crippen LogP contribution in [0.5, 0.6) is 0 Å². The Balaban J connectivity index is 2.25. The standard InChI is InChI=1S/C18H20/c1-3-13-15-9-5-7-11-17(15)14(4-2)18-12-8-6-10-16(13)18/h5-14H,3-4H2,1-2H3. The number of rotatable bonds is 2. The van der Waals surface area contributed by atoms with Crippen LogP contribution in [0.2, 0.25) is 0 Å². The van der Waals surface area contributed by atoms with Gasteiger partial charge in [0.05, 0.1) is 0 Å². The first kappa shape index (κ1) is 11.5. The van der Waals surface area contributed by atoms with Crippen LogP contribution in [0.1, 0.15) is 60.8 Å². The van der Waals surface area contributed by atoms with Crippen LogP contribution >= 0.6 is 0 Å². The van der Waals surface area contributed by atoms with Gasteiger partial charge < -0.3 is 0 Å². The summed E-state index contributed by atoms with van der Waals surface area (Å²) in [6.07, 6.45) is 2.37. The van der Waals surface area contributed by atoms with Gasteiger partial charge in [0.2, 0.25) is 0 Å². The number of hydrogen-bond acceptors (Lipinski definition) is 0. The highest BCUT2D eigenvalue weighted by atomic mass is 14.3. The molecule has 1 aliphatic carbocycles. The Hall–Kier alpha value is -1.56. The molecule has 0 fully saturated rings. The molecule has 2 aromatic carbocycles. The molecule has 0 unspecified atom stereocenters. The summed E-state index contributed by atoms with van der Waals surface area (Å²) >= 11 is 0. The molecule has 0 saturated carbocycles. The molecule has 3 rings (SSSR count). The third-order valence-electron chi connectivity index (χ3n) is 4.31. The molecule has 0 heteroatoms. The Labute approximate surface area is 110 Å². The topological polar surface area (TPSA) is 0 Å². The van der Waals surface area contributed by atoms with E-state index in [2.05, 4.69) is 62.4 Å². The molecule has 0 nitrogen and oxygen atoms in total. The molecule has 0 aromatic heterocycles. The molecule has 0 bridgehead atoms. The van der Waals surface area contributed by atoms with Crippen molar-refractivity contribution in [2.45, 2.75) is 38.5 Å². The van der Waals surface area contributed by atoms with Crippen molar-refractivity contribution in [1.82, 2.24) is 0 Å². The van der Waals surface area contributed by atoms with Crippen molar-refractivity contribution in [3.8, 4) is 0 Å². The van der Waals surface area contributed by atoms with Gasteiger partial charge in [0.15, 0.2) is 0 Å². The highest BCUT2D eigenvalue weighted by molar-refractivity contribution is 5.52. The molecule has 0 heterocycles. The van der Waals surface area contributed by atoms with Crippen molar-refractivity contribution < 1.29 is 0 Å². The van der Waals surface area contributed by atoms with Crippen molar-refractivity contribution in [2.24, 2.45) is 0 Å². The van der Waals surface area contributed by atoms with Crippen LogP contribution in [0, 0.1) is 0 Å². The van der Waals surface area contributed by atoms with Crippen LogP contribution in [0.4, 0.5) is 0 Å². The average Bonchev–Trinajstić information content (AvgIpc) is 2.44. The first-order valence-corrected chi connectivity index (χ1v) is 7.04. The fourth-order valence-corrected chi connectivity index (χ4v) is 3.51. The maximum absolute atomic E-state index is 2.32. The lowest BCUT2D eigenvalue weighted by molar-refractivity contribution is 0.664. The first-order chi connectivity index (χ1) is 8.86. The summed E-state index contributed by atoms with van der Waals surface area (Å²) in [7, 11) is 0. The van der Waals surface area contributed by atoms with E-state index in [0.717, 1.165) is 0 Å². The zero-order valence-corrected chi connectivity index (χ0v) is 11.2. The third-order valence-corrected chi connectivity index (χ3v) is 4.31. The molecule has 0 N–H and O–H groups in total. The van der Waals surface area contributed by atoms with Crippen LogP contribution in [-0.2, 0) is 0 Å². The van der Waals surface area contributed by atoms with Gasteiger partial charge >= 0.3 is 0 Å². The monoisotopic (exact) mass is 236 g/mol. The van der Waals surface area contributed by atoms with E-state index in [1.165, 1.54) is 12.8 Å². The van der Waals surface area contributed by atoms with Gasteiger partial charge in [0, 0.05) is 11.8 Å². The Morgan fingerprint density at radius 1 is 0.611 bits per heavy atom. The SMILES string of the molecule is CCC1c2ccccc2C(CC)c2ccccc21. The molecule has 2 aromatic rings. The van der Waals surface area contributed by atoms with Crippen LogP contribution in [0.15, 0.2) is 48.5 Å². The predicted octanol–water partition coefficient (Wildman–Crippen LogP) is 5.08. The highest BCUT2D eigenvalue weighted by Gasteiger charge is 2.29. The van der Waals surface area contributed by atoms with E-state index in [1.54, 1.807) is 22.3 Å². The summed E-state index contributed by atoms with van der Waals surface area (Å²) in [6.45, 7) is 4.59. The first-order valence-electron chi connectivity index (χ1n) is 7.04. The predicted molar refractivity (Wildman–Crippen MR) is 77.2 cm³/mol. The lowest BCUT2D eigenvalue weighted by Gasteiger charge is -2.33. The Morgan fingerprint density at radius 2 is 0.889 bits per heavy atom. The largest absolute Gasteiger partial charge is 0.0645 e. The molecular weight excluding hydrogens is 216 g/mol. The Morgan fingerprint density at radius 3 is 1.11 bits per heavy atom.